The van der Waals surface area contributed by atoms with Crippen molar-refractivity contribution in [1.82, 2.24) is 9.71 Å². The van der Waals surface area contributed by atoms with Gasteiger partial charge in [0, 0.05) is 11.3 Å². The number of sulfonamides is 1. The van der Waals surface area contributed by atoms with Gasteiger partial charge in [0.1, 0.15) is 0 Å². The molecule has 0 aliphatic heterocycles. The Morgan fingerprint density at radius 3 is 2.93 bits per heavy atom. The first-order valence-electron chi connectivity index (χ1n) is 5.02. The average molecular weight is 246 g/mol. The van der Waals surface area contributed by atoms with Crippen LogP contribution >= 0.6 is 11.3 Å². The summed E-state index contributed by atoms with van der Waals surface area (Å²) >= 11 is 1.63. The fourth-order valence-corrected chi connectivity index (χ4v) is 2.77. The Balaban J connectivity index is 1.93. The maximum absolute atomic E-state index is 11.2. The molecule has 0 spiro atoms. The van der Waals surface area contributed by atoms with Crippen molar-refractivity contribution in [3.8, 4) is 0 Å². The van der Waals surface area contributed by atoms with E-state index in [9.17, 15) is 8.42 Å². The first-order valence-corrected chi connectivity index (χ1v) is 7.55. The van der Waals surface area contributed by atoms with Crippen molar-refractivity contribution in [2.75, 3.05) is 5.75 Å². The number of nitrogens with one attached hydrogen (secondary N) is 1. The molecule has 0 radical (unpaired) electrons. The van der Waals surface area contributed by atoms with E-state index >= 15 is 0 Å². The summed E-state index contributed by atoms with van der Waals surface area (Å²) in [6.45, 7) is 1.94. The molecule has 1 saturated carbocycles. The lowest BCUT2D eigenvalue weighted by Crippen LogP contribution is -2.24. The summed E-state index contributed by atoms with van der Waals surface area (Å²) in [5, 5.41) is 3.09. The number of rotatable bonds is 5. The Kier molecular flexibility index (Phi) is 3.08. The molecule has 0 unspecified atom stereocenters. The Hall–Kier alpha value is -0.460. The Labute approximate surface area is 93.8 Å². The number of thiazole rings is 1. The van der Waals surface area contributed by atoms with Crippen molar-refractivity contribution in [3.63, 3.8) is 0 Å². The molecule has 6 heteroatoms. The monoisotopic (exact) mass is 246 g/mol. The molecule has 0 saturated heterocycles. The van der Waals surface area contributed by atoms with Crippen LogP contribution in [0.3, 0.4) is 0 Å². The van der Waals surface area contributed by atoms with Crippen LogP contribution in [0, 0.1) is 0 Å². The van der Waals surface area contributed by atoms with Gasteiger partial charge in [0.2, 0.25) is 10.0 Å². The summed E-state index contributed by atoms with van der Waals surface area (Å²) in [6.07, 6.45) is 2.46. The third-order valence-electron chi connectivity index (χ3n) is 2.35. The van der Waals surface area contributed by atoms with Crippen LogP contribution in [0.4, 0.5) is 0 Å². The molecule has 0 atom stereocenters. The van der Waals surface area contributed by atoms with Gasteiger partial charge >= 0.3 is 0 Å². The molecule has 1 aliphatic rings. The summed E-state index contributed by atoms with van der Waals surface area (Å²) in [5.41, 5.74) is 0.832. The van der Waals surface area contributed by atoms with E-state index in [1.807, 2.05) is 5.38 Å². The van der Waals surface area contributed by atoms with E-state index in [2.05, 4.69) is 9.71 Å². The minimum atomic E-state index is -3.10. The molecule has 1 aromatic heterocycles. The molecule has 1 N–H and O–H groups in total. The van der Waals surface area contributed by atoms with Crippen molar-refractivity contribution in [3.05, 3.63) is 16.1 Å². The highest BCUT2D eigenvalue weighted by Crippen LogP contribution is 2.41. The van der Waals surface area contributed by atoms with Crippen molar-refractivity contribution in [2.24, 2.45) is 0 Å². The molecule has 1 heterocycles. The van der Waals surface area contributed by atoms with Gasteiger partial charge in [-0.1, -0.05) is 0 Å². The van der Waals surface area contributed by atoms with Gasteiger partial charge in [0.05, 0.1) is 23.0 Å². The van der Waals surface area contributed by atoms with Crippen LogP contribution < -0.4 is 4.72 Å². The average Bonchev–Trinajstić information content (AvgIpc) is 2.96. The van der Waals surface area contributed by atoms with Crippen LogP contribution in [-0.4, -0.2) is 19.2 Å². The Morgan fingerprint density at radius 1 is 1.60 bits per heavy atom. The quantitative estimate of drug-likeness (QED) is 0.855. The first-order chi connectivity index (χ1) is 7.11. The van der Waals surface area contributed by atoms with Crippen LogP contribution in [0.2, 0.25) is 0 Å². The van der Waals surface area contributed by atoms with Gasteiger partial charge in [-0.05, 0) is 19.8 Å². The van der Waals surface area contributed by atoms with Crippen LogP contribution in [0.25, 0.3) is 0 Å². The zero-order chi connectivity index (χ0) is 10.9. The molecule has 1 aliphatic carbocycles. The largest absolute Gasteiger partial charge is 0.245 e. The van der Waals surface area contributed by atoms with E-state index in [0.717, 1.165) is 10.7 Å². The SMILES string of the molecule is CCS(=O)(=O)NCc1csc(C2CC2)n1. The molecule has 2 rings (SSSR count). The molecule has 0 aromatic carbocycles. The van der Waals surface area contributed by atoms with E-state index < -0.39 is 10.0 Å². The smallest absolute Gasteiger partial charge is 0.211 e. The van der Waals surface area contributed by atoms with Gasteiger partial charge in [0.15, 0.2) is 0 Å². The van der Waals surface area contributed by atoms with Gasteiger partial charge in [-0.2, -0.15) is 0 Å². The first kappa shape index (κ1) is 11.0. The van der Waals surface area contributed by atoms with Gasteiger partial charge in [-0.15, -0.1) is 11.3 Å². The van der Waals surface area contributed by atoms with Crippen molar-refractivity contribution < 1.29 is 8.42 Å². The highest BCUT2D eigenvalue weighted by atomic mass is 32.2. The topological polar surface area (TPSA) is 59.1 Å². The fraction of sp³-hybridized carbons (Fsp3) is 0.667. The molecular weight excluding hydrogens is 232 g/mol. The minimum absolute atomic E-state index is 0.118. The summed E-state index contributed by atoms with van der Waals surface area (Å²) in [5.74, 6) is 0.763. The number of nitrogens with zero attached hydrogens (tertiary/aromatic N) is 1. The number of hydrogen-bond donors (Lipinski definition) is 1. The zero-order valence-electron chi connectivity index (χ0n) is 8.56. The maximum atomic E-state index is 11.2. The predicted molar refractivity (Wildman–Crippen MR) is 60.4 cm³/mol. The van der Waals surface area contributed by atoms with Crippen LogP contribution in [0.15, 0.2) is 5.38 Å². The van der Waals surface area contributed by atoms with Crippen molar-refractivity contribution in [2.45, 2.75) is 32.2 Å². The fourth-order valence-electron chi connectivity index (χ4n) is 1.21. The molecule has 4 nitrogen and oxygen atoms in total. The molecule has 1 fully saturated rings. The van der Waals surface area contributed by atoms with Gasteiger partial charge < -0.3 is 0 Å². The van der Waals surface area contributed by atoms with E-state index in [0.29, 0.717) is 12.5 Å². The molecule has 1 aromatic rings. The Morgan fingerprint density at radius 2 is 2.33 bits per heavy atom. The normalized spacial score (nSPS) is 16.9. The third kappa shape index (κ3) is 2.99. The second-order valence-electron chi connectivity index (χ2n) is 3.68. The van der Waals surface area contributed by atoms with E-state index in [1.54, 1.807) is 18.3 Å². The Bertz CT molecular complexity index is 435. The molecular formula is C9H14N2O2S2. The summed E-state index contributed by atoms with van der Waals surface area (Å²) < 4.78 is 24.9. The summed E-state index contributed by atoms with van der Waals surface area (Å²) in [4.78, 5) is 4.40. The van der Waals surface area contributed by atoms with Crippen molar-refractivity contribution in [1.29, 1.82) is 0 Å². The van der Waals surface area contributed by atoms with Crippen LogP contribution in [-0.2, 0) is 16.6 Å². The molecule has 15 heavy (non-hydrogen) atoms. The van der Waals surface area contributed by atoms with E-state index in [1.165, 1.54) is 12.8 Å². The van der Waals surface area contributed by atoms with Crippen LogP contribution in [0.5, 0.6) is 0 Å². The predicted octanol–water partition coefficient (Wildman–Crippen LogP) is 1.46. The number of hydrogen-bond acceptors (Lipinski definition) is 4. The standard InChI is InChI=1S/C9H14N2O2S2/c1-2-15(12,13)10-5-8-6-14-9(11-8)7-3-4-7/h6-7,10H,2-5H2,1H3. The van der Waals surface area contributed by atoms with Crippen LogP contribution in [0.1, 0.15) is 36.4 Å². The van der Waals surface area contributed by atoms with Gasteiger partial charge in [-0.25, -0.2) is 18.1 Å². The van der Waals surface area contributed by atoms with E-state index in [4.69, 9.17) is 0 Å². The molecule has 84 valence electrons. The lowest BCUT2D eigenvalue weighted by molar-refractivity contribution is 0.582. The lowest BCUT2D eigenvalue weighted by atomic mass is 10.4. The lowest BCUT2D eigenvalue weighted by Gasteiger charge is -2.00. The summed E-state index contributed by atoms with van der Waals surface area (Å²) in [7, 11) is -3.10. The second kappa shape index (κ2) is 4.19. The number of aromatic nitrogens is 1. The summed E-state index contributed by atoms with van der Waals surface area (Å²) in [6, 6.07) is 0. The van der Waals surface area contributed by atoms with E-state index in [-0.39, 0.29) is 5.75 Å². The zero-order valence-corrected chi connectivity index (χ0v) is 10.2. The highest BCUT2D eigenvalue weighted by molar-refractivity contribution is 7.89. The van der Waals surface area contributed by atoms with Crippen molar-refractivity contribution >= 4 is 21.4 Å². The highest BCUT2D eigenvalue weighted by Gasteiger charge is 2.26. The van der Waals surface area contributed by atoms with Gasteiger partial charge in [-0.3, -0.25) is 0 Å². The maximum Gasteiger partial charge on any atom is 0.211 e. The minimum Gasteiger partial charge on any atom is -0.245 e. The molecule has 0 amide bonds. The molecule has 0 bridgehead atoms. The second-order valence-corrected chi connectivity index (χ2v) is 6.66. The van der Waals surface area contributed by atoms with Gasteiger partial charge in [0.25, 0.3) is 0 Å². The third-order valence-corrected chi connectivity index (χ3v) is 4.75.